The molecule has 0 unspecified atom stereocenters. The largest absolute Gasteiger partial charge is 0.497 e. The van der Waals surface area contributed by atoms with Crippen LogP contribution in [0.4, 0.5) is 0 Å². The van der Waals surface area contributed by atoms with Gasteiger partial charge in [0, 0.05) is 40.7 Å². The lowest BCUT2D eigenvalue weighted by atomic mass is 9.89. The highest BCUT2D eigenvalue weighted by atomic mass is 16.5. The van der Waals surface area contributed by atoms with E-state index in [4.69, 9.17) is 9.72 Å². The molecule has 0 saturated carbocycles. The second-order valence-electron chi connectivity index (χ2n) is 9.25. The lowest BCUT2D eigenvalue weighted by Gasteiger charge is -2.23. The number of pyridine rings is 1. The Morgan fingerprint density at radius 2 is 1.83 bits per heavy atom. The van der Waals surface area contributed by atoms with Crippen LogP contribution in [0.25, 0.3) is 33.3 Å². The second-order valence-corrected chi connectivity index (χ2v) is 9.25. The lowest BCUT2D eigenvalue weighted by molar-refractivity contribution is 0.414. The van der Waals surface area contributed by atoms with Gasteiger partial charge in [0.1, 0.15) is 11.4 Å². The van der Waals surface area contributed by atoms with Gasteiger partial charge in [-0.3, -0.25) is 4.68 Å². The van der Waals surface area contributed by atoms with Gasteiger partial charge in [-0.25, -0.2) is 4.98 Å². The molecule has 6 nitrogen and oxygen atoms in total. The quantitative estimate of drug-likeness (QED) is 0.343. The fraction of sp³-hybridized carbons (Fsp3) is 0.241. The minimum absolute atomic E-state index is 0.663. The molecule has 0 radical (unpaired) electrons. The van der Waals surface area contributed by atoms with E-state index >= 15 is 0 Å². The van der Waals surface area contributed by atoms with Gasteiger partial charge in [-0.05, 0) is 66.7 Å². The molecule has 1 saturated heterocycles. The molecular weight excluding hydrogens is 434 g/mol. The minimum atomic E-state index is 0.663. The Morgan fingerprint density at radius 1 is 0.971 bits per heavy atom. The van der Waals surface area contributed by atoms with Crippen molar-refractivity contribution in [2.45, 2.75) is 25.3 Å². The average molecular weight is 464 g/mol. The number of hydrogen-bond acceptors (Lipinski definition) is 4. The van der Waals surface area contributed by atoms with Gasteiger partial charge < -0.3 is 15.0 Å². The summed E-state index contributed by atoms with van der Waals surface area (Å²) in [5, 5.41) is 9.15. The van der Waals surface area contributed by atoms with Gasteiger partial charge in [-0.1, -0.05) is 36.4 Å². The maximum absolute atomic E-state index is 5.35. The van der Waals surface area contributed by atoms with E-state index in [9.17, 15) is 0 Å². The Labute approximate surface area is 205 Å². The van der Waals surface area contributed by atoms with Crippen LogP contribution in [0.15, 0.2) is 79.4 Å². The monoisotopic (exact) mass is 463 g/mol. The predicted molar refractivity (Wildman–Crippen MR) is 140 cm³/mol. The second kappa shape index (κ2) is 9.39. The molecule has 6 heteroatoms. The van der Waals surface area contributed by atoms with Crippen molar-refractivity contribution in [1.29, 1.82) is 0 Å². The van der Waals surface area contributed by atoms with Gasteiger partial charge in [0.15, 0.2) is 0 Å². The number of rotatable bonds is 6. The van der Waals surface area contributed by atoms with Crippen LogP contribution < -0.4 is 10.1 Å². The summed E-state index contributed by atoms with van der Waals surface area (Å²) in [4.78, 5) is 8.03. The van der Waals surface area contributed by atoms with E-state index in [1.165, 1.54) is 24.0 Å². The molecule has 176 valence electrons. The summed E-state index contributed by atoms with van der Waals surface area (Å²) in [6, 6.07) is 19.4. The lowest BCUT2D eigenvalue weighted by Crippen LogP contribution is -2.26. The number of nitrogens with zero attached hydrogens (tertiary/aromatic N) is 3. The third-order valence-electron chi connectivity index (χ3n) is 7.01. The van der Waals surface area contributed by atoms with Crippen molar-refractivity contribution < 1.29 is 4.74 Å². The van der Waals surface area contributed by atoms with E-state index in [2.05, 4.69) is 58.0 Å². The zero-order valence-corrected chi connectivity index (χ0v) is 19.9. The highest BCUT2D eigenvalue weighted by molar-refractivity contribution is 5.95. The van der Waals surface area contributed by atoms with Crippen molar-refractivity contribution in [3.63, 3.8) is 0 Å². The number of ether oxygens (including phenoxy) is 1. The van der Waals surface area contributed by atoms with Crippen molar-refractivity contribution >= 4 is 11.0 Å². The molecule has 0 atom stereocenters. The fourth-order valence-corrected chi connectivity index (χ4v) is 5.05. The SMILES string of the molecule is COc1cccc(Cn2cc(-c3c[nH]c4ncc(-c5ccc(C6CCNCC6)cc5)cc34)cn2)c1. The minimum Gasteiger partial charge on any atom is -0.497 e. The number of piperidine rings is 1. The Morgan fingerprint density at radius 3 is 2.66 bits per heavy atom. The van der Waals surface area contributed by atoms with E-state index < -0.39 is 0 Å². The van der Waals surface area contributed by atoms with Crippen molar-refractivity contribution in [3.8, 4) is 28.0 Å². The normalized spacial score (nSPS) is 14.4. The van der Waals surface area contributed by atoms with Crippen molar-refractivity contribution in [1.82, 2.24) is 25.1 Å². The van der Waals surface area contributed by atoms with Gasteiger partial charge in [-0.2, -0.15) is 5.10 Å². The van der Waals surface area contributed by atoms with Crippen LogP contribution in [0.3, 0.4) is 0 Å². The molecule has 0 amide bonds. The average Bonchev–Trinajstić information content (AvgIpc) is 3.56. The van der Waals surface area contributed by atoms with Crippen LogP contribution in [0.2, 0.25) is 0 Å². The number of nitrogens with one attached hydrogen (secondary N) is 2. The Balaban J connectivity index is 1.26. The number of fused-ring (bicyclic) bond motifs is 1. The van der Waals surface area contributed by atoms with E-state index in [0.29, 0.717) is 12.5 Å². The molecule has 1 aliphatic heterocycles. The summed E-state index contributed by atoms with van der Waals surface area (Å²) in [5.74, 6) is 1.52. The zero-order valence-electron chi connectivity index (χ0n) is 19.9. The molecule has 4 heterocycles. The van der Waals surface area contributed by atoms with Crippen molar-refractivity contribution in [2.75, 3.05) is 20.2 Å². The summed E-state index contributed by atoms with van der Waals surface area (Å²) < 4.78 is 7.30. The molecule has 6 rings (SSSR count). The van der Waals surface area contributed by atoms with Gasteiger partial charge in [0.25, 0.3) is 0 Å². The first-order valence-electron chi connectivity index (χ1n) is 12.2. The molecule has 35 heavy (non-hydrogen) atoms. The summed E-state index contributed by atoms with van der Waals surface area (Å²) in [6.45, 7) is 2.91. The maximum Gasteiger partial charge on any atom is 0.137 e. The molecule has 0 aliphatic carbocycles. The van der Waals surface area contributed by atoms with Crippen LogP contribution in [0.5, 0.6) is 5.75 Å². The number of methoxy groups -OCH3 is 1. The van der Waals surface area contributed by atoms with Crippen molar-refractivity contribution in [2.24, 2.45) is 0 Å². The molecule has 1 aliphatic rings. The Bertz CT molecular complexity index is 1440. The van der Waals surface area contributed by atoms with Gasteiger partial charge in [0.05, 0.1) is 19.9 Å². The van der Waals surface area contributed by atoms with Crippen LogP contribution in [-0.2, 0) is 6.54 Å². The summed E-state index contributed by atoms with van der Waals surface area (Å²) in [6.07, 6.45) is 10.4. The van der Waals surface area contributed by atoms with Crippen LogP contribution in [-0.4, -0.2) is 39.9 Å². The van der Waals surface area contributed by atoms with Crippen LogP contribution >= 0.6 is 0 Å². The van der Waals surface area contributed by atoms with E-state index in [-0.39, 0.29) is 0 Å². The number of aromatic nitrogens is 4. The van der Waals surface area contributed by atoms with Gasteiger partial charge >= 0.3 is 0 Å². The summed E-state index contributed by atoms with van der Waals surface area (Å²) in [5.41, 5.74) is 7.97. The number of aromatic amines is 1. The summed E-state index contributed by atoms with van der Waals surface area (Å²) >= 11 is 0. The molecule has 1 fully saturated rings. The molecule has 2 aromatic carbocycles. The molecule has 5 aromatic rings. The van der Waals surface area contributed by atoms with Gasteiger partial charge in [-0.15, -0.1) is 0 Å². The molecule has 0 spiro atoms. The smallest absolute Gasteiger partial charge is 0.137 e. The third kappa shape index (κ3) is 4.45. The summed E-state index contributed by atoms with van der Waals surface area (Å²) in [7, 11) is 1.69. The van der Waals surface area contributed by atoms with Crippen molar-refractivity contribution in [3.05, 3.63) is 90.5 Å². The first kappa shape index (κ1) is 21.6. The number of H-pyrrole nitrogens is 1. The zero-order chi connectivity index (χ0) is 23.6. The van der Waals surface area contributed by atoms with Crippen LogP contribution in [0, 0.1) is 0 Å². The molecule has 3 aromatic heterocycles. The first-order valence-corrected chi connectivity index (χ1v) is 12.2. The molecule has 2 N–H and O–H groups in total. The highest BCUT2D eigenvalue weighted by Crippen LogP contribution is 2.32. The maximum atomic E-state index is 5.35. The van der Waals surface area contributed by atoms with E-state index in [1.807, 2.05) is 41.5 Å². The highest BCUT2D eigenvalue weighted by Gasteiger charge is 2.15. The first-order chi connectivity index (χ1) is 17.3. The topological polar surface area (TPSA) is 67.8 Å². The molecule has 0 bridgehead atoms. The number of benzene rings is 2. The van der Waals surface area contributed by atoms with Gasteiger partial charge in [0.2, 0.25) is 0 Å². The predicted octanol–water partition coefficient (Wildman–Crippen LogP) is 5.62. The van der Waals surface area contributed by atoms with E-state index in [0.717, 1.165) is 52.1 Å². The number of hydrogen-bond donors (Lipinski definition) is 2. The Hall–Kier alpha value is -3.90. The Kier molecular flexibility index (Phi) is 5.80. The fourth-order valence-electron chi connectivity index (χ4n) is 5.05. The third-order valence-corrected chi connectivity index (χ3v) is 7.01. The van der Waals surface area contributed by atoms with Crippen LogP contribution in [0.1, 0.15) is 29.9 Å². The standard InChI is InChI=1S/C29H29N5O/c1-35-26-4-2-3-20(13-26)18-34-19-25(16-33-34)28-17-32-29-27(28)14-24(15-31-29)22-7-5-21(6-8-22)23-9-11-30-12-10-23/h2-8,13-17,19,23,30H,9-12,18H2,1H3,(H,31,32). The molecular formula is C29H29N5O. The van der Waals surface area contributed by atoms with E-state index in [1.54, 1.807) is 7.11 Å².